The Kier molecular flexibility index (Phi) is 2.44. The van der Waals surface area contributed by atoms with Gasteiger partial charge >= 0.3 is 0 Å². The summed E-state index contributed by atoms with van der Waals surface area (Å²) in [6, 6.07) is 6.84. The molecule has 17 heavy (non-hydrogen) atoms. The minimum atomic E-state index is -0.221. The second-order valence-corrected chi connectivity index (χ2v) is 5.04. The predicted molar refractivity (Wildman–Crippen MR) is 65.3 cm³/mol. The van der Waals surface area contributed by atoms with E-state index in [4.69, 9.17) is 10.2 Å². The van der Waals surface area contributed by atoms with Crippen molar-refractivity contribution in [3.8, 4) is 0 Å². The zero-order valence-corrected chi connectivity index (χ0v) is 9.82. The quantitative estimate of drug-likeness (QED) is 0.819. The summed E-state index contributed by atoms with van der Waals surface area (Å²) in [5.41, 5.74) is 6.78. The highest BCUT2D eigenvalue weighted by Gasteiger charge is 2.33. The monoisotopic (exact) mass is 233 g/mol. The summed E-state index contributed by atoms with van der Waals surface area (Å²) in [5.74, 6) is 1.54. The maximum absolute atomic E-state index is 13.1. The smallest absolute Gasteiger partial charge is 0.134 e. The number of fused-ring (bicyclic) bond motifs is 1. The van der Waals surface area contributed by atoms with Gasteiger partial charge in [-0.15, -0.1) is 0 Å². The lowest BCUT2D eigenvalue weighted by molar-refractivity contribution is 0.412. The largest absolute Gasteiger partial charge is 0.461 e. The Bertz CT molecular complexity index is 548. The number of hydrogen-bond acceptors (Lipinski definition) is 2. The third-order valence-corrected chi connectivity index (χ3v) is 3.98. The SMILES string of the molecule is CC1C(N)CCC1c1cc2cc(F)ccc2o1. The first-order valence-electron chi connectivity index (χ1n) is 6.10. The average Bonchev–Trinajstić information content (AvgIpc) is 2.83. The van der Waals surface area contributed by atoms with Crippen LogP contribution in [0.1, 0.15) is 31.4 Å². The summed E-state index contributed by atoms with van der Waals surface area (Å²) in [4.78, 5) is 0. The van der Waals surface area contributed by atoms with E-state index in [1.165, 1.54) is 12.1 Å². The van der Waals surface area contributed by atoms with Crippen molar-refractivity contribution in [2.45, 2.75) is 31.7 Å². The number of furan rings is 1. The van der Waals surface area contributed by atoms with Crippen molar-refractivity contribution in [3.05, 3.63) is 35.8 Å². The van der Waals surface area contributed by atoms with E-state index in [1.807, 2.05) is 6.07 Å². The zero-order valence-electron chi connectivity index (χ0n) is 9.82. The van der Waals surface area contributed by atoms with Crippen molar-refractivity contribution < 1.29 is 8.81 Å². The first-order valence-corrected chi connectivity index (χ1v) is 6.10. The Labute approximate surface area is 99.6 Å². The van der Waals surface area contributed by atoms with E-state index in [9.17, 15) is 4.39 Å². The van der Waals surface area contributed by atoms with Crippen LogP contribution in [0, 0.1) is 11.7 Å². The Hall–Kier alpha value is -1.35. The summed E-state index contributed by atoms with van der Waals surface area (Å²) in [7, 11) is 0. The Balaban J connectivity index is 2.01. The molecule has 3 rings (SSSR count). The van der Waals surface area contributed by atoms with Gasteiger partial charge in [-0.25, -0.2) is 4.39 Å². The molecule has 3 heteroatoms. The highest BCUT2D eigenvalue weighted by molar-refractivity contribution is 5.78. The predicted octanol–water partition coefficient (Wildman–Crippen LogP) is 3.41. The molecule has 1 fully saturated rings. The van der Waals surface area contributed by atoms with E-state index in [-0.39, 0.29) is 11.9 Å². The molecule has 0 aliphatic heterocycles. The van der Waals surface area contributed by atoms with Crippen molar-refractivity contribution in [3.63, 3.8) is 0 Å². The standard InChI is InChI=1S/C14H16FNO/c1-8-11(3-4-12(8)16)14-7-9-6-10(15)2-5-13(9)17-14/h2,5-8,11-12H,3-4,16H2,1H3. The van der Waals surface area contributed by atoms with Gasteiger partial charge in [-0.1, -0.05) is 6.92 Å². The summed E-state index contributed by atoms with van der Waals surface area (Å²) in [6.45, 7) is 2.16. The molecule has 0 saturated heterocycles. The minimum absolute atomic E-state index is 0.221. The highest BCUT2D eigenvalue weighted by atomic mass is 19.1. The number of halogens is 1. The van der Waals surface area contributed by atoms with Crippen molar-refractivity contribution >= 4 is 11.0 Å². The summed E-state index contributed by atoms with van der Waals surface area (Å²) < 4.78 is 18.9. The molecule has 1 heterocycles. The fourth-order valence-electron chi connectivity index (χ4n) is 2.82. The molecule has 2 nitrogen and oxygen atoms in total. The highest BCUT2D eigenvalue weighted by Crippen LogP contribution is 2.40. The Morgan fingerprint density at radius 2 is 2.12 bits per heavy atom. The van der Waals surface area contributed by atoms with Crippen molar-refractivity contribution in [2.75, 3.05) is 0 Å². The van der Waals surface area contributed by atoms with E-state index in [2.05, 4.69) is 6.92 Å². The van der Waals surface area contributed by atoms with Crippen LogP contribution in [0.3, 0.4) is 0 Å². The van der Waals surface area contributed by atoms with Crippen LogP contribution in [0.25, 0.3) is 11.0 Å². The number of benzene rings is 1. The second-order valence-electron chi connectivity index (χ2n) is 5.04. The lowest BCUT2D eigenvalue weighted by Gasteiger charge is -2.15. The van der Waals surface area contributed by atoms with E-state index < -0.39 is 0 Å². The molecule has 90 valence electrons. The molecule has 1 aromatic heterocycles. The van der Waals surface area contributed by atoms with E-state index in [0.717, 1.165) is 29.6 Å². The van der Waals surface area contributed by atoms with Gasteiger partial charge in [0.25, 0.3) is 0 Å². The first kappa shape index (κ1) is 10.8. The normalized spacial score (nSPS) is 29.0. The number of hydrogen-bond donors (Lipinski definition) is 1. The molecular weight excluding hydrogens is 217 g/mol. The molecule has 1 aliphatic rings. The maximum atomic E-state index is 13.1. The number of rotatable bonds is 1. The first-order chi connectivity index (χ1) is 8.15. The van der Waals surface area contributed by atoms with Crippen LogP contribution in [0.15, 0.2) is 28.7 Å². The van der Waals surface area contributed by atoms with Gasteiger partial charge in [0.2, 0.25) is 0 Å². The van der Waals surface area contributed by atoms with Gasteiger partial charge in [0, 0.05) is 17.3 Å². The second kappa shape index (κ2) is 3.84. The van der Waals surface area contributed by atoms with Crippen molar-refractivity contribution in [1.82, 2.24) is 0 Å². The fraction of sp³-hybridized carbons (Fsp3) is 0.429. The van der Waals surface area contributed by atoms with Gasteiger partial charge in [-0.3, -0.25) is 0 Å². The van der Waals surface area contributed by atoms with Crippen LogP contribution in [0.2, 0.25) is 0 Å². The van der Waals surface area contributed by atoms with Crippen molar-refractivity contribution in [2.24, 2.45) is 11.7 Å². The van der Waals surface area contributed by atoms with E-state index in [0.29, 0.717) is 11.8 Å². The van der Waals surface area contributed by atoms with Crippen LogP contribution < -0.4 is 5.73 Å². The zero-order chi connectivity index (χ0) is 12.0. The van der Waals surface area contributed by atoms with Crippen LogP contribution in [0.4, 0.5) is 4.39 Å². The van der Waals surface area contributed by atoms with Gasteiger partial charge in [0.1, 0.15) is 17.2 Å². The molecular formula is C14H16FNO. The molecule has 1 aromatic carbocycles. The van der Waals surface area contributed by atoms with Crippen molar-refractivity contribution in [1.29, 1.82) is 0 Å². The molecule has 0 radical (unpaired) electrons. The van der Waals surface area contributed by atoms with Crippen LogP contribution in [-0.4, -0.2) is 6.04 Å². The Morgan fingerprint density at radius 3 is 2.82 bits per heavy atom. The van der Waals surface area contributed by atoms with Crippen LogP contribution in [-0.2, 0) is 0 Å². The Morgan fingerprint density at radius 1 is 1.29 bits per heavy atom. The molecule has 2 aromatic rings. The molecule has 1 saturated carbocycles. The minimum Gasteiger partial charge on any atom is -0.461 e. The van der Waals surface area contributed by atoms with Gasteiger partial charge in [0.05, 0.1) is 0 Å². The third kappa shape index (κ3) is 1.75. The summed E-state index contributed by atoms with van der Waals surface area (Å²) in [6.07, 6.45) is 2.10. The van der Waals surface area contributed by atoms with E-state index in [1.54, 1.807) is 6.07 Å². The van der Waals surface area contributed by atoms with Crippen LogP contribution in [0.5, 0.6) is 0 Å². The fourth-order valence-corrected chi connectivity index (χ4v) is 2.82. The van der Waals surface area contributed by atoms with E-state index >= 15 is 0 Å². The molecule has 1 aliphatic carbocycles. The maximum Gasteiger partial charge on any atom is 0.134 e. The summed E-state index contributed by atoms with van der Waals surface area (Å²) >= 11 is 0. The lowest BCUT2D eigenvalue weighted by atomic mass is 9.94. The van der Waals surface area contributed by atoms with Gasteiger partial charge < -0.3 is 10.2 Å². The molecule has 0 amide bonds. The number of nitrogens with two attached hydrogens (primary N) is 1. The topological polar surface area (TPSA) is 39.2 Å². The molecule has 2 N–H and O–H groups in total. The molecule has 0 spiro atoms. The lowest BCUT2D eigenvalue weighted by Crippen LogP contribution is -2.24. The molecule has 3 unspecified atom stereocenters. The molecule has 3 atom stereocenters. The van der Waals surface area contributed by atoms with Crippen LogP contribution >= 0.6 is 0 Å². The third-order valence-electron chi connectivity index (χ3n) is 3.98. The molecule has 0 bridgehead atoms. The van der Waals surface area contributed by atoms with Gasteiger partial charge in [-0.05, 0) is 43.0 Å². The van der Waals surface area contributed by atoms with Gasteiger partial charge in [0.15, 0.2) is 0 Å². The van der Waals surface area contributed by atoms with Gasteiger partial charge in [-0.2, -0.15) is 0 Å². The summed E-state index contributed by atoms with van der Waals surface area (Å²) in [5, 5.41) is 0.840. The average molecular weight is 233 g/mol.